The van der Waals surface area contributed by atoms with E-state index in [-0.39, 0.29) is 0 Å². The van der Waals surface area contributed by atoms with Crippen LogP contribution < -0.4 is 0 Å². The molecule has 0 heteroatoms. The van der Waals surface area contributed by atoms with Crippen molar-refractivity contribution in [3.05, 3.63) is 0 Å². The summed E-state index contributed by atoms with van der Waals surface area (Å²) in [5.41, 5.74) is 0. The molecule has 0 N–H and O–H groups in total. The first kappa shape index (κ1) is 22.7. The standard InChI is InChI=1S/C4H10.2C2H6.C2H2/c1-3-4-2;3*1-2/h3-4H2,1-2H3;2*1-2H3;1-2H. The second-order valence-electron chi connectivity index (χ2n) is 1.000. The maximum absolute atomic E-state index is 4.00. The van der Waals surface area contributed by atoms with Crippen LogP contribution in [0.4, 0.5) is 0 Å². The van der Waals surface area contributed by atoms with Gasteiger partial charge in [0.15, 0.2) is 0 Å². The molecular formula is C10H24. The Morgan fingerprint density at radius 1 is 0.700 bits per heavy atom. The highest BCUT2D eigenvalue weighted by Gasteiger charge is 1.56. The molecule has 0 aliphatic rings. The van der Waals surface area contributed by atoms with Gasteiger partial charge in [-0.3, -0.25) is 0 Å². The molecule has 64 valence electrons. The molecule has 0 aromatic carbocycles. The third-order valence-electron chi connectivity index (χ3n) is 0.500. The summed E-state index contributed by atoms with van der Waals surface area (Å²) >= 11 is 0. The fourth-order valence-corrected chi connectivity index (χ4v) is 0. The average Bonchev–Trinajstić information content (AvgIpc) is 2.14. The van der Waals surface area contributed by atoms with Crippen molar-refractivity contribution in [3.63, 3.8) is 0 Å². The van der Waals surface area contributed by atoms with Gasteiger partial charge in [0.25, 0.3) is 0 Å². The summed E-state index contributed by atoms with van der Waals surface area (Å²) in [5.74, 6) is 0. The summed E-state index contributed by atoms with van der Waals surface area (Å²) in [6.45, 7) is 12.4. The van der Waals surface area contributed by atoms with Crippen molar-refractivity contribution in [1.29, 1.82) is 0 Å². The molecule has 10 heavy (non-hydrogen) atoms. The molecule has 0 rings (SSSR count). The first-order valence-electron chi connectivity index (χ1n) is 4.25. The lowest BCUT2D eigenvalue weighted by Crippen LogP contribution is -1.47. The number of hydrogen-bond donors (Lipinski definition) is 0. The molecule has 0 spiro atoms. The zero-order valence-corrected chi connectivity index (χ0v) is 8.57. The fourth-order valence-electron chi connectivity index (χ4n) is 0. The molecule has 0 fully saturated rings. The summed E-state index contributed by atoms with van der Waals surface area (Å²) in [4.78, 5) is 0. The van der Waals surface area contributed by atoms with Gasteiger partial charge in [0, 0.05) is 0 Å². The SMILES string of the molecule is C#C.CC.CC.CCCC. The zero-order chi connectivity index (χ0) is 9.41. The van der Waals surface area contributed by atoms with Gasteiger partial charge in [0.2, 0.25) is 0 Å². The van der Waals surface area contributed by atoms with Crippen LogP contribution in [0.3, 0.4) is 0 Å². The summed E-state index contributed by atoms with van der Waals surface area (Å²) < 4.78 is 0. The molecule has 0 bridgehead atoms. The molecular weight excluding hydrogens is 120 g/mol. The minimum atomic E-state index is 1.32. The zero-order valence-electron chi connectivity index (χ0n) is 8.57. The lowest BCUT2D eigenvalue weighted by molar-refractivity contribution is 0.886. The van der Waals surface area contributed by atoms with Gasteiger partial charge in [-0.1, -0.05) is 54.4 Å². The molecule has 0 saturated heterocycles. The number of hydrogen-bond acceptors (Lipinski definition) is 0. The van der Waals surface area contributed by atoms with E-state index in [1.807, 2.05) is 27.7 Å². The van der Waals surface area contributed by atoms with Crippen molar-refractivity contribution in [2.45, 2.75) is 54.4 Å². The highest BCUT2D eigenvalue weighted by molar-refractivity contribution is 4.47. The number of terminal acetylenes is 1. The third kappa shape index (κ3) is 1040. The quantitative estimate of drug-likeness (QED) is 0.486. The van der Waals surface area contributed by atoms with E-state index in [2.05, 4.69) is 26.7 Å². The van der Waals surface area contributed by atoms with E-state index in [0.717, 1.165) is 0 Å². The summed E-state index contributed by atoms with van der Waals surface area (Å²) in [5, 5.41) is 0. The molecule has 0 radical (unpaired) electrons. The van der Waals surface area contributed by atoms with E-state index in [0.29, 0.717) is 0 Å². The fraction of sp³-hybridized carbons (Fsp3) is 0.800. The van der Waals surface area contributed by atoms with Crippen LogP contribution >= 0.6 is 0 Å². The Hall–Kier alpha value is -0.440. The first-order chi connectivity index (χ1) is 4.91. The maximum atomic E-state index is 4.00. The highest BCUT2D eigenvalue weighted by Crippen LogP contribution is 1.76. The Morgan fingerprint density at radius 3 is 0.800 bits per heavy atom. The molecule has 0 aromatic rings. The van der Waals surface area contributed by atoms with Crippen LogP contribution in [0.5, 0.6) is 0 Å². The molecule has 0 aliphatic carbocycles. The minimum absolute atomic E-state index is 1.32. The predicted octanol–water partition coefficient (Wildman–Crippen LogP) is 4.11. The van der Waals surface area contributed by atoms with E-state index >= 15 is 0 Å². The Bertz CT molecular complexity index is 16.5. The van der Waals surface area contributed by atoms with Crippen LogP contribution in [0.1, 0.15) is 54.4 Å². The van der Waals surface area contributed by atoms with Gasteiger partial charge in [0.05, 0.1) is 0 Å². The van der Waals surface area contributed by atoms with Gasteiger partial charge < -0.3 is 0 Å². The van der Waals surface area contributed by atoms with E-state index in [4.69, 9.17) is 0 Å². The topological polar surface area (TPSA) is 0 Å². The molecule has 0 nitrogen and oxygen atoms in total. The van der Waals surface area contributed by atoms with E-state index in [1.165, 1.54) is 12.8 Å². The first-order valence-corrected chi connectivity index (χ1v) is 4.25. The van der Waals surface area contributed by atoms with Crippen molar-refractivity contribution in [3.8, 4) is 12.8 Å². The monoisotopic (exact) mass is 144 g/mol. The predicted molar refractivity (Wildman–Crippen MR) is 53.2 cm³/mol. The Balaban J connectivity index is -0.0000000262. The van der Waals surface area contributed by atoms with Gasteiger partial charge in [0.1, 0.15) is 0 Å². The van der Waals surface area contributed by atoms with Gasteiger partial charge in [-0.05, 0) is 0 Å². The lowest BCUT2D eigenvalue weighted by Gasteiger charge is -1.68. The lowest BCUT2D eigenvalue weighted by atomic mass is 10.4. The smallest absolute Gasteiger partial charge is 0.0564 e. The van der Waals surface area contributed by atoms with Crippen LogP contribution in [0.2, 0.25) is 0 Å². The Morgan fingerprint density at radius 2 is 0.800 bits per heavy atom. The van der Waals surface area contributed by atoms with Gasteiger partial charge in [-0.2, -0.15) is 0 Å². The molecule has 0 aromatic heterocycles. The Kier molecular flexibility index (Phi) is 456. The normalized spacial score (nSPS) is 4.40. The van der Waals surface area contributed by atoms with E-state index in [9.17, 15) is 0 Å². The van der Waals surface area contributed by atoms with Crippen LogP contribution in [0.15, 0.2) is 0 Å². The van der Waals surface area contributed by atoms with Gasteiger partial charge in [-0.25, -0.2) is 0 Å². The molecule has 0 atom stereocenters. The van der Waals surface area contributed by atoms with Crippen molar-refractivity contribution in [2.75, 3.05) is 0 Å². The largest absolute Gasteiger partial charge is 0.124 e. The molecule has 0 aliphatic heterocycles. The molecule has 0 heterocycles. The van der Waals surface area contributed by atoms with Crippen molar-refractivity contribution < 1.29 is 0 Å². The summed E-state index contributed by atoms with van der Waals surface area (Å²) in [6, 6.07) is 0. The minimum Gasteiger partial charge on any atom is -0.124 e. The van der Waals surface area contributed by atoms with E-state index in [1.54, 1.807) is 0 Å². The van der Waals surface area contributed by atoms with Crippen molar-refractivity contribution in [1.82, 2.24) is 0 Å². The Labute approximate surface area is 68.0 Å². The average molecular weight is 144 g/mol. The number of rotatable bonds is 1. The summed E-state index contributed by atoms with van der Waals surface area (Å²) in [7, 11) is 0. The van der Waals surface area contributed by atoms with Crippen LogP contribution in [-0.4, -0.2) is 0 Å². The number of unbranched alkanes of at least 4 members (excludes halogenated alkanes) is 1. The second-order valence-corrected chi connectivity index (χ2v) is 1.000. The third-order valence-corrected chi connectivity index (χ3v) is 0.500. The molecule has 0 saturated carbocycles. The maximum Gasteiger partial charge on any atom is -0.0564 e. The van der Waals surface area contributed by atoms with Gasteiger partial charge in [-0.15, -0.1) is 12.8 Å². The van der Waals surface area contributed by atoms with Gasteiger partial charge >= 0.3 is 0 Å². The molecule has 0 unspecified atom stereocenters. The summed E-state index contributed by atoms with van der Waals surface area (Å²) in [6.07, 6.45) is 10.6. The van der Waals surface area contributed by atoms with Crippen LogP contribution in [-0.2, 0) is 0 Å². The van der Waals surface area contributed by atoms with E-state index < -0.39 is 0 Å². The van der Waals surface area contributed by atoms with Crippen molar-refractivity contribution in [2.24, 2.45) is 0 Å². The highest BCUT2D eigenvalue weighted by atomic mass is 13.6. The van der Waals surface area contributed by atoms with Crippen molar-refractivity contribution >= 4 is 0 Å². The van der Waals surface area contributed by atoms with Crippen LogP contribution in [0, 0.1) is 12.8 Å². The second kappa shape index (κ2) is 201. The molecule has 0 amide bonds. The van der Waals surface area contributed by atoms with Crippen LogP contribution in [0.25, 0.3) is 0 Å².